The van der Waals surface area contributed by atoms with Gasteiger partial charge in [0, 0.05) is 19.7 Å². The second kappa shape index (κ2) is 6.77. The number of nitrogens with zero attached hydrogens (tertiary/aromatic N) is 1. The van der Waals surface area contributed by atoms with Crippen LogP contribution < -0.4 is 4.74 Å². The van der Waals surface area contributed by atoms with Gasteiger partial charge in [-0.15, -0.1) is 0 Å². The Morgan fingerprint density at radius 3 is 2.81 bits per heavy atom. The van der Waals surface area contributed by atoms with Crippen LogP contribution in [0.5, 0.6) is 5.75 Å². The van der Waals surface area contributed by atoms with E-state index in [9.17, 15) is 13.5 Å². The molecular formula is C15H23NO4S. The van der Waals surface area contributed by atoms with Gasteiger partial charge in [0.1, 0.15) is 5.75 Å². The van der Waals surface area contributed by atoms with Gasteiger partial charge in [-0.05, 0) is 56.4 Å². The molecule has 1 aromatic carbocycles. The predicted octanol–water partition coefficient (Wildman–Crippen LogP) is 1.79. The quantitative estimate of drug-likeness (QED) is 0.900. The van der Waals surface area contributed by atoms with E-state index >= 15 is 0 Å². The third kappa shape index (κ3) is 3.56. The fourth-order valence-electron chi connectivity index (χ4n) is 2.64. The summed E-state index contributed by atoms with van der Waals surface area (Å²) in [6.07, 6.45) is 1.67. The topological polar surface area (TPSA) is 66.8 Å². The van der Waals surface area contributed by atoms with E-state index in [1.54, 1.807) is 18.2 Å². The number of benzene rings is 1. The van der Waals surface area contributed by atoms with Crippen molar-refractivity contribution in [2.75, 3.05) is 26.3 Å². The predicted molar refractivity (Wildman–Crippen MR) is 80.9 cm³/mol. The minimum absolute atomic E-state index is 0.0360. The first-order valence-corrected chi connectivity index (χ1v) is 8.77. The number of aliphatic hydroxyl groups is 1. The number of aliphatic hydroxyl groups excluding tert-OH is 1. The normalized spacial score (nSPS) is 20.4. The zero-order valence-electron chi connectivity index (χ0n) is 12.6. The summed E-state index contributed by atoms with van der Waals surface area (Å²) in [5.41, 5.74) is 0.814. The highest BCUT2D eigenvalue weighted by Crippen LogP contribution is 2.27. The van der Waals surface area contributed by atoms with Crippen LogP contribution in [-0.4, -0.2) is 44.1 Å². The molecule has 0 radical (unpaired) electrons. The summed E-state index contributed by atoms with van der Waals surface area (Å²) in [5.74, 6) is 0.751. The number of hydrogen-bond acceptors (Lipinski definition) is 4. The molecule has 1 N–H and O–H groups in total. The van der Waals surface area contributed by atoms with Crippen molar-refractivity contribution >= 4 is 10.0 Å². The lowest BCUT2D eigenvalue weighted by atomic mass is 10.0. The second-order valence-corrected chi connectivity index (χ2v) is 7.35. The Bertz CT molecular complexity index is 585. The van der Waals surface area contributed by atoms with Crippen LogP contribution in [0.25, 0.3) is 0 Å². The molecule has 1 unspecified atom stereocenters. The Morgan fingerprint density at radius 2 is 2.19 bits per heavy atom. The van der Waals surface area contributed by atoms with Crippen LogP contribution in [0.2, 0.25) is 0 Å². The third-order valence-electron chi connectivity index (χ3n) is 3.82. The molecule has 1 saturated heterocycles. The lowest BCUT2D eigenvalue weighted by Gasteiger charge is -2.31. The maximum absolute atomic E-state index is 12.7. The summed E-state index contributed by atoms with van der Waals surface area (Å²) < 4.78 is 32.3. The minimum atomic E-state index is -3.49. The Morgan fingerprint density at radius 1 is 1.43 bits per heavy atom. The van der Waals surface area contributed by atoms with Crippen molar-refractivity contribution in [2.45, 2.75) is 31.6 Å². The number of rotatable bonds is 5. The average Bonchev–Trinajstić information content (AvgIpc) is 2.49. The van der Waals surface area contributed by atoms with Gasteiger partial charge in [0.05, 0.1) is 11.5 Å². The zero-order valence-corrected chi connectivity index (χ0v) is 13.4. The van der Waals surface area contributed by atoms with E-state index in [1.165, 1.54) is 4.31 Å². The maximum Gasteiger partial charge on any atom is 0.243 e. The van der Waals surface area contributed by atoms with Gasteiger partial charge in [-0.2, -0.15) is 4.31 Å². The molecule has 6 heteroatoms. The molecule has 1 aliphatic heterocycles. The van der Waals surface area contributed by atoms with E-state index in [0.717, 1.165) is 18.4 Å². The summed E-state index contributed by atoms with van der Waals surface area (Å²) >= 11 is 0. The number of aryl methyl sites for hydroxylation is 1. The van der Waals surface area contributed by atoms with Gasteiger partial charge < -0.3 is 9.84 Å². The standard InChI is InChI=1S/C15H23NO4S/c1-3-20-15-7-6-14(9-12(15)2)21(18,19)16-8-4-5-13(10-16)11-17/h6-7,9,13,17H,3-5,8,10-11H2,1-2H3. The summed E-state index contributed by atoms with van der Waals surface area (Å²) in [6, 6.07) is 4.96. The molecule has 1 atom stereocenters. The van der Waals surface area contributed by atoms with Crippen LogP contribution in [0, 0.1) is 12.8 Å². The van der Waals surface area contributed by atoms with E-state index in [1.807, 2.05) is 13.8 Å². The van der Waals surface area contributed by atoms with E-state index in [4.69, 9.17) is 4.74 Å². The molecule has 0 amide bonds. The Hall–Kier alpha value is -1.11. The summed E-state index contributed by atoms with van der Waals surface area (Å²) in [5, 5.41) is 9.25. The molecular weight excluding hydrogens is 290 g/mol. The van der Waals surface area contributed by atoms with Crippen LogP contribution >= 0.6 is 0 Å². The van der Waals surface area contributed by atoms with Crippen molar-refractivity contribution in [3.8, 4) is 5.75 Å². The smallest absolute Gasteiger partial charge is 0.243 e. The SMILES string of the molecule is CCOc1ccc(S(=O)(=O)N2CCCC(CO)C2)cc1C. The highest BCUT2D eigenvalue weighted by molar-refractivity contribution is 7.89. The van der Waals surface area contributed by atoms with Crippen LogP contribution in [0.15, 0.2) is 23.1 Å². The van der Waals surface area contributed by atoms with Gasteiger partial charge in [-0.25, -0.2) is 8.42 Å². The molecule has 1 aliphatic rings. The molecule has 1 heterocycles. The monoisotopic (exact) mass is 313 g/mol. The molecule has 0 aliphatic carbocycles. The van der Waals surface area contributed by atoms with Gasteiger partial charge in [-0.1, -0.05) is 0 Å². The lowest BCUT2D eigenvalue weighted by molar-refractivity contribution is 0.165. The van der Waals surface area contributed by atoms with Crippen molar-refractivity contribution < 1.29 is 18.3 Å². The first-order chi connectivity index (χ1) is 9.98. The molecule has 21 heavy (non-hydrogen) atoms. The largest absolute Gasteiger partial charge is 0.494 e. The molecule has 1 fully saturated rings. The number of hydrogen-bond donors (Lipinski definition) is 1. The maximum atomic E-state index is 12.7. The van der Waals surface area contributed by atoms with Gasteiger partial charge in [0.25, 0.3) is 0 Å². The van der Waals surface area contributed by atoms with Gasteiger partial charge in [0.2, 0.25) is 10.0 Å². The molecule has 0 spiro atoms. The molecule has 2 rings (SSSR count). The van der Waals surface area contributed by atoms with Crippen LogP contribution in [-0.2, 0) is 10.0 Å². The van der Waals surface area contributed by atoms with Crippen molar-refractivity contribution in [3.63, 3.8) is 0 Å². The van der Waals surface area contributed by atoms with Crippen molar-refractivity contribution in [1.29, 1.82) is 0 Å². The molecule has 1 aromatic rings. The lowest BCUT2D eigenvalue weighted by Crippen LogP contribution is -2.40. The number of sulfonamides is 1. The Kier molecular flexibility index (Phi) is 5.24. The van der Waals surface area contributed by atoms with Crippen LogP contribution in [0.1, 0.15) is 25.3 Å². The molecule has 0 aromatic heterocycles. The van der Waals surface area contributed by atoms with Crippen molar-refractivity contribution in [1.82, 2.24) is 4.31 Å². The highest BCUT2D eigenvalue weighted by atomic mass is 32.2. The third-order valence-corrected chi connectivity index (χ3v) is 5.69. The Balaban J connectivity index is 2.25. The van der Waals surface area contributed by atoms with Gasteiger partial charge in [0.15, 0.2) is 0 Å². The molecule has 118 valence electrons. The summed E-state index contributed by atoms with van der Waals surface area (Å²) in [4.78, 5) is 0.294. The molecule has 0 saturated carbocycles. The second-order valence-electron chi connectivity index (χ2n) is 5.41. The fraction of sp³-hybridized carbons (Fsp3) is 0.600. The highest BCUT2D eigenvalue weighted by Gasteiger charge is 2.30. The molecule has 5 nitrogen and oxygen atoms in total. The van der Waals surface area contributed by atoms with Gasteiger partial charge >= 0.3 is 0 Å². The molecule has 0 bridgehead atoms. The van der Waals surface area contributed by atoms with E-state index in [-0.39, 0.29) is 12.5 Å². The van der Waals surface area contributed by atoms with Crippen LogP contribution in [0.3, 0.4) is 0 Å². The number of ether oxygens (including phenoxy) is 1. The summed E-state index contributed by atoms with van der Waals surface area (Å²) in [7, 11) is -3.49. The minimum Gasteiger partial charge on any atom is -0.494 e. The van der Waals surface area contributed by atoms with Crippen molar-refractivity contribution in [3.05, 3.63) is 23.8 Å². The van der Waals surface area contributed by atoms with E-state index in [2.05, 4.69) is 0 Å². The van der Waals surface area contributed by atoms with Gasteiger partial charge in [-0.3, -0.25) is 0 Å². The summed E-state index contributed by atoms with van der Waals surface area (Å²) in [6.45, 7) is 5.24. The fourth-order valence-corrected chi connectivity index (χ4v) is 4.28. The zero-order chi connectivity index (χ0) is 15.5. The van der Waals surface area contributed by atoms with Crippen molar-refractivity contribution in [2.24, 2.45) is 5.92 Å². The van der Waals surface area contributed by atoms with Crippen LogP contribution in [0.4, 0.5) is 0 Å². The Labute approximate surface area is 126 Å². The number of piperidine rings is 1. The average molecular weight is 313 g/mol. The first-order valence-electron chi connectivity index (χ1n) is 7.33. The van der Waals surface area contributed by atoms with E-state index in [0.29, 0.717) is 30.3 Å². The van der Waals surface area contributed by atoms with E-state index < -0.39 is 10.0 Å². The first kappa shape index (κ1) is 16.3.